The molecule has 9 aromatic carbocycles. The molecule has 0 heterocycles. The molecule has 0 aliphatic heterocycles. The van der Waals surface area contributed by atoms with Crippen LogP contribution < -0.4 is 4.90 Å². The van der Waals surface area contributed by atoms with E-state index in [1.54, 1.807) is 0 Å². The van der Waals surface area contributed by atoms with Crippen LogP contribution in [0.4, 0.5) is 17.1 Å². The minimum atomic E-state index is -0.0930. The first-order chi connectivity index (χ1) is 27.5. The van der Waals surface area contributed by atoms with Gasteiger partial charge in [-0.1, -0.05) is 196 Å². The fraction of sp³-hybridized carbons (Fsp3) is 0.0545. The minimum Gasteiger partial charge on any atom is -0.310 e. The second-order valence-corrected chi connectivity index (χ2v) is 15.3. The Morgan fingerprint density at radius 1 is 0.339 bits per heavy atom. The van der Waals surface area contributed by atoms with E-state index >= 15 is 0 Å². The van der Waals surface area contributed by atoms with E-state index in [1.807, 2.05) is 0 Å². The average molecular weight is 716 g/mol. The van der Waals surface area contributed by atoms with Gasteiger partial charge in [-0.2, -0.15) is 0 Å². The monoisotopic (exact) mass is 715 g/mol. The zero-order valence-electron chi connectivity index (χ0n) is 31.7. The lowest BCUT2D eigenvalue weighted by atomic mass is 9.79. The summed E-state index contributed by atoms with van der Waals surface area (Å²) in [6.45, 7) is 4.73. The van der Waals surface area contributed by atoms with Gasteiger partial charge in [-0.15, -0.1) is 0 Å². The molecule has 0 fully saturated rings. The van der Waals surface area contributed by atoms with Crippen molar-refractivity contribution in [2.24, 2.45) is 0 Å². The maximum atomic E-state index is 2.42. The molecule has 0 spiro atoms. The third-order valence-corrected chi connectivity index (χ3v) is 11.7. The molecule has 0 radical (unpaired) electrons. The predicted molar refractivity (Wildman–Crippen MR) is 238 cm³/mol. The standard InChI is InChI=1S/C55H41N/c1-55(2)52-27-10-8-23-50(52)51-26-14-25-49(54(51)55)42-33-35-44(36-34-42)56(45-20-12-19-43(37-45)47-24-13-18-40-17-6-7-21-46(40)47)53-28-11-9-22-48(53)41-31-29-39(30-32-41)38-15-4-3-5-16-38/h3-37H,1-2H3. The van der Waals surface area contributed by atoms with Gasteiger partial charge in [0.1, 0.15) is 0 Å². The van der Waals surface area contributed by atoms with E-state index in [2.05, 4.69) is 231 Å². The van der Waals surface area contributed by atoms with Gasteiger partial charge in [0.2, 0.25) is 0 Å². The first-order valence-electron chi connectivity index (χ1n) is 19.5. The van der Waals surface area contributed by atoms with Gasteiger partial charge in [0.15, 0.2) is 0 Å². The third kappa shape index (κ3) is 5.72. The van der Waals surface area contributed by atoms with Crippen molar-refractivity contribution in [2.45, 2.75) is 19.3 Å². The second-order valence-electron chi connectivity index (χ2n) is 15.3. The molecular formula is C55H41N. The summed E-state index contributed by atoms with van der Waals surface area (Å²) in [4.78, 5) is 2.42. The van der Waals surface area contributed by atoms with Crippen LogP contribution in [0.15, 0.2) is 212 Å². The Kier molecular flexibility index (Phi) is 8.23. The molecule has 0 saturated heterocycles. The molecule has 10 rings (SSSR count). The fourth-order valence-electron chi connectivity index (χ4n) is 8.98. The van der Waals surface area contributed by atoms with Gasteiger partial charge < -0.3 is 4.90 Å². The smallest absolute Gasteiger partial charge is 0.0540 e. The van der Waals surface area contributed by atoms with Crippen molar-refractivity contribution in [1.82, 2.24) is 0 Å². The number of fused-ring (bicyclic) bond motifs is 4. The van der Waals surface area contributed by atoms with E-state index in [0.717, 1.165) is 17.1 Å². The van der Waals surface area contributed by atoms with E-state index in [-0.39, 0.29) is 5.41 Å². The molecule has 1 aliphatic rings. The number of benzene rings is 9. The van der Waals surface area contributed by atoms with Crippen LogP contribution in [0.3, 0.4) is 0 Å². The van der Waals surface area contributed by atoms with Gasteiger partial charge in [0.25, 0.3) is 0 Å². The molecule has 9 aromatic rings. The van der Waals surface area contributed by atoms with Crippen LogP contribution in [-0.2, 0) is 5.41 Å². The van der Waals surface area contributed by atoms with E-state index in [0.29, 0.717) is 0 Å². The third-order valence-electron chi connectivity index (χ3n) is 11.7. The van der Waals surface area contributed by atoms with Crippen LogP contribution in [0.25, 0.3) is 66.4 Å². The molecule has 0 amide bonds. The summed E-state index contributed by atoms with van der Waals surface area (Å²) in [7, 11) is 0. The van der Waals surface area contributed by atoms with Crippen LogP contribution >= 0.6 is 0 Å². The summed E-state index contributed by atoms with van der Waals surface area (Å²) in [5.41, 5.74) is 18.4. The molecule has 56 heavy (non-hydrogen) atoms. The highest BCUT2D eigenvalue weighted by molar-refractivity contribution is 5.98. The van der Waals surface area contributed by atoms with Gasteiger partial charge in [0.05, 0.1) is 5.69 Å². The topological polar surface area (TPSA) is 3.24 Å². The van der Waals surface area contributed by atoms with Crippen LogP contribution in [-0.4, -0.2) is 0 Å². The Morgan fingerprint density at radius 3 is 1.71 bits per heavy atom. The molecule has 0 saturated carbocycles. The fourth-order valence-corrected chi connectivity index (χ4v) is 8.98. The molecule has 0 N–H and O–H groups in total. The van der Waals surface area contributed by atoms with Crippen molar-refractivity contribution in [3.05, 3.63) is 223 Å². The largest absolute Gasteiger partial charge is 0.310 e. The molecule has 0 atom stereocenters. The van der Waals surface area contributed by atoms with Gasteiger partial charge in [-0.25, -0.2) is 0 Å². The SMILES string of the molecule is CC1(C)c2ccccc2-c2cccc(-c3ccc(N(c4cccc(-c5cccc6ccccc56)c4)c4ccccc4-c4ccc(-c5ccccc5)cc4)cc3)c21. The Labute approximate surface area is 329 Å². The van der Waals surface area contributed by atoms with Gasteiger partial charge in [-0.05, 0) is 102 Å². The van der Waals surface area contributed by atoms with E-state index in [9.17, 15) is 0 Å². The van der Waals surface area contributed by atoms with Crippen LogP contribution in [0, 0.1) is 0 Å². The minimum absolute atomic E-state index is 0.0930. The number of para-hydroxylation sites is 1. The lowest BCUT2D eigenvalue weighted by molar-refractivity contribution is 0.662. The van der Waals surface area contributed by atoms with Crippen molar-refractivity contribution in [3.8, 4) is 55.6 Å². The average Bonchev–Trinajstić information content (AvgIpc) is 3.50. The van der Waals surface area contributed by atoms with Crippen LogP contribution in [0.1, 0.15) is 25.0 Å². The lowest BCUT2D eigenvalue weighted by Gasteiger charge is -2.29. The van der Waals surface area contributed by atoms with Crippen molar-refractivity contribution in [2.75, 3.05) is 4.90 Å². The second kappa shape index (κ2) is 13.7. The summed E-state index contributed by atoms with van der Waals surface area (Å²) < 4.78 is 0. The Bertz CT molecular complexity index is 2860. The van der Waals surface area contributed by atoms with Crippen LogP contribution in [0.2, 0.25) is 0 Å². The van der Waals surface area contributed by atoms with Crippen molar-refractivity contribution in [1.29, 1.82) is 0 Å². The van der Waals surface area contributed by atoms with Crippen molar-refractivity contribution < 1.29 is 0 Å². The Morgan fingerprint density at radius 2 is 0.875 bits per heavy atom. The quantitative estimate of drug-likeness (QED) is 0.159. The van der Waals surface area contributed by atoms with E-state index in [4.69, 9.17) is 0 Å². The highest BCUT2D eigenvalue weighted by Gasteiger charge is 2.37. The van der Waals surface area contributed by atoms with Gasteiger partial charge in [0, 0.05) is 22.4 Å². The Hall–Kier alpha value is -6.96. The van der Waals surface area contributed by atoms with Crippen LogP contribution in [0.5, 0.6) is 0 Å². The molecule has 266 valence electrons. The summed E-state index contributed by atoms with van der Waals surface area (Å²) in [6.07, 6.45) is 0. The summed E-state index contributed by atoms with van der Waals surface area (Å²) >= 11 is 0. The summed E-state index contributed by atoms with van der Waals surface area (Å²) in [5, 5.41) is 2.49. The molecule has 0 aromatic heterocycles. The maximum Gasteiger partial charge on any atom is 0.0540 e. The highest BCUT2D eigenvalue weighted by atomic mass is 15.1. The van der Waals surface area contributed by atoms with Crippen molar-refractivity contribution >= 4 is 27.8 Å². The number of rotatable bonds is 7. The Balaban J connectivity index is 1.11. The number of hydrogen-bond donors (Lipinski definition) is 0. The van der Waals surface area contributed by atoms with Gasteiger partial charge >= 0.3 is 0 Å². The van der Waals surface area contributed by atoms with E-state index < -0.39 is 0 Å². The maximum absolute atomic E-state index is 2.42. The first kappa shape index (κ1) is 33.6. The normalized spacial score (nSPS) is 12.6. The molecule has 0 unspecified atom stereocenters. The zero-order valence-corrected chi connectivity index (χ0v) is 31.7. The summed E-state index contributed by atoms with van der Waals surface area (Å²) in [5.74, 6) is 0. The highest BCUT2D eigenvalue weighted by Crippen LogP contribution is 2.52. The zero-order chi connectivity index (χ0) is 37.6. The van der Waals surface area contributed by atoms with E-state index in [1.165, 1.54) is 77.5 Å². The number of hydrogen-bond acceptors (Lipinski definition) is 1. The summed E-state index contributed by atoms with van der Waals surface area (Å²) in [6, 6.07) is 77.5. The van der Waals surface area contributed by atoms with Crippen molar-refractivity contribution in [3.63, 3.8) is 0 Å². The lowest BCUT2D eigenvalue weighted by Crippen LogP contribution is -2.16. The van der Waals surface area contributed by atoms with Gasteiger partial charge in [-0.3, -0.25) is 0 Å². The first-order valence-corrected chi connectivity index (χ1v) is 19.5. The number of nitrogens with zero attached hydrogens (tertiary/aromatic N) is 1. The molecular weight excluding hydrogens is 675 g/mol. The molecule has 1 heteroatoms. The molecule has 1 nitrogen and oxygen atoms in total. The molecule has 1 aliphatic carbocycles. The predicted octanol–water partition coefficient (Wildman–Crippen LogP) is 15.3. The molecule has 0 bridgehead atoms. The number of anilines is 3.